The molecule has 18 heavy (non-hydrogen) atoms. The first kappa shape index (κ1) is 9.54. The second kappa shape index (κ2) is 3.50. The molecule has 0 radical (unpaired) electrons. The molecule has 0 atom stereocenters. The molecular formula is C16H10N2. The summed E-state index contributed by atoms with van der Waals surface area (Å²) in [5, 5.41) is 4.74. The Morgan fingerprint density at radius 2 is 1.44 bits per heavy atom. The van der Waals surface area contributed by atoms with Gasteiger partial charge in [0.15, 0.2) is 0 Å². The Morgan fingerprint density at radius 1 is 0.667 bits per heavy atom. The van der Waals surface area contributed by atoms with Crippen molar-refractivity contribution < 1.29 is 0 Å². The highest BCUT2D eigenvalue weighted by Crippen LogP contribution is 2.29. The molecule has 0 bridgehead atoms. The van der Waals surface area contributed by atoms with Crippen molar-refractivity contribution in [2.45, 2.75) is 0 Å². The Labute approximate surface area is 104 Å². The summed E-state index contributed by atoms with van der Waals surface area (Å²) in [7, 11) is 0. The third-order valence-corrected chi connectivity index (χ3v) is 3.34. The maximum atomic E-state index is 4.53. The normalized spacial score (nSPS) is 11.3. The lowest BCUT2D eigenvalue weighted by Crippen LogP contribution is -1.84. The van der Waals surface area contributed by atoms with E-state index in [1.165, 1.54) is 21.5 Å². The highest BCUT2D eigenvalue weighted by molar-refractivity contribution is 6.17. The Balaban J connectivity index is 2.38. The molecule has 2 aromatic heterocycles. The molecule has 2 nitrogen and oxygen atoms in total. The third kappa shape index (κ3) is 1.23. The van der Waals surface area contributed by atoms with E-state index in [9.17, 15) is 0 Å². The van der Waals surface area contributed by atoms with Gasteiger partial charge in [-0.2, -0.15) is 0 Å². The zero-order chi connectivity index (χ0) is 11.9. The first-order valence-corrected chi connectivity index (χ1v) is 5.95. The fourth-order valence-corrected chi connectivity index (χ4v) is 2.51. The van der Waals surface area contributed by atoms with Crippen molar-refractivity contribution in [1.29, 1.82) is 0 Å². The van der Waals surface area contributed by atoms with Crippen LogP contribution < -0.4 is 0 Å². The number of rotatable bonds is 0. The Kier molecular flexibility index (Phi) is 1.86. The summed E-state index contributed by atoms with van der Waals surface area (Å²) < 4.78 is 0. The van der Waals surface area contributed by atoms with Crippen LogP contribution in [0.4, 0.5) is 0 Å². The van der Waals surface area contributed by atoms with Gasteiger partial charge >= 0.3 is 0 Å². The molecule has 0 aliphatic rings. The Hall–Kier alpha value is -2.48. The largest absolute Gasteiger partial charge is 0.256 e. The van der Waals surface area contributed by atoms with Gasteiger partial charge in [0.25, 0.3) is 0 Å². The molecule has 2 heterocycles. The van der Waals surface area contributed by atoms with Crippen LogP contribution in [0.15, 0.2) is 60.9 Å². The number of aromatic nitrogens is 2. The summed E-state index contributed by atoms with van der Waals surface area (Å²) in [6.45, 7) is 0. The summed E-state index contributed by atoms with van der Waals surface area (Å²) in [6, 6.07) is 16.6. The number of benzene rings is 2. The summed E-state index contributed by atoms with van der Waals surface area (Å²) >= 11 is 0. The average molecular weight is 230 g/mol. The van der Waals surface area contributed by atoms with Crippen molar-refractivity contribution in [3.05, 3.63) is 60.9 Å². The molecule has 0 saturated carbocycles. The SMILES string of the molecule is c1cnc2c(c1)ccc1ccc3ncccc3c12. The van der Waals surface area contributed by atoms with Gasteiger partial charge in [-0.15, -0.1) is 0 Å². The second-order valence-corrected chi connectivity index (χ2v) is 4.37. The average Bonchev–Trinajstić information content (AvgIpc) is 2.46. The van der Waals surface area contributed by atoms with Crippen LogP contribution in [0.5, 0.6) is 0 Å². The Morgan fingerprint density at radius 3 is 2.44 bits per heavy atom. The summed E-state index contributed by atoms with van der Waals surface area (Å²) in [5.74, 6) is 0. The van der Waals surface area contributed by atoms with Gasteiger partial charge in [-0.1, -0.05) is 30.3 Å². The maximum Gasteiger partial charge on any atom is 0.0787 e. The molecule has 0 spiro atoms. The molecule has 4 aromatic rings. The predicted octanol–water partition coefficient (Wildman–Crippen LogP) is 3.94. The monoisotopic (exact) mass is 230 g/mol. The number of pyridine rings is 2. The first-order valence-electron chi connectivity index (χ1n) is 5.95. The van der Waals surface area contributed by atoms with Gasteiger partial charge in [-0.05, 0) is 23.6 Å². The van der Waals surface area contributed by atoms with Crippen molar-refractivity contribution >= 4 is 32.6 Å². The van der Waals surface area contributed by atoms with E-state index in [1.54, 1.807) is 0 Å². The minimum absolute atomic E-state index is 1.02. The highest BCUT2D eigenvalue weighted by atomic mass is 14.7. The van der Waals surface area contributed by atoms with Crippen LogP contribution in [-0.2, 0) is 0 Å². The molecule has 4 rings (SSSR count). The first-order chi connectivity index (χ1) is 8.93. The van der Waals surface area contributed by atoms with E-state index in [-0.39, 0.29) is 0 Å². The van der Waals surface area contributed by atoms with Gasteiger partial charge in [0.1, 0.15) is 0 Å². The molecule has 0 fully saturated rings. The van der Waals surface area contributed by atoms with E-state index >= 15 is 0 Å². The maximum absolute atomic E-state index is 4.53. The minimum atomic E-state index is 1.02. The number of hydrogen-bond acceptors (Lipinski definition) is 2. The second-order valence-electron chi connectivity index (χ2n) is 4.37. The van der Waals surface area contributed by atoms with E-state index < -0.39 is 0 Å². The van der Waals surface area contributed by atoms with Gasteiger partial charge in [0.05, 0.1) is 11.0 Å². The third-order valence-electron chi connectivity index (χ3n) is 3.34. The van der Waals surface area contributed by atoms with E-state index in [2.05, 4.69) is 46.4 Å². The van der Waals surface area contributed by atoms with E-state index in [0.29, 0.717) is 0 Å². The number of nitrogens with zero attached hydrogens (tertiary/aromatic N) is 2. The van der Waals surface area contributed by atoms with E-state index in [0.717, 1.165) is 11.0 Å². The fourth-order valence-electron chi connectivity index (χ4n) is 2.51. The van der Waals surface area contributed by atoms with Crippen molar-refractivity contribution in [2.75, 3.05) is 0 Å². The van der Waals surface area contributed by atoms with E-state index in [4.69, 9.17) is 0 Å². The zero-order valence-corrected chi connectivity index (χ0v) is 9.67. The van der Waals surface area contributed by atoms with Crippen LogP contribution in [0.25, 0.3) is 32.6 Å². The molecule has 0 aliphatic heterocycles. The number of hydrogen-bond donors (Lipinski definition) is 0. The standard InChI is InChI=1S/C16H10N2/c1-3-12-6-5-11-7-8-14-13(4-2-9-17-14)15(11)16(12)18-10-1/h1-10H. The van der Waals surface area contributed by atoms with Crippen molar-refractivity contribution in [3.8, 4) is 0 Å². The van der Waals surface area contributed by atoms with Crippen LogP contribution in [0.3, 0.4) is 0 Å². The van der Waals surface area contributed by atoms with Gasteiger partial charge in [-0.25, -0.2) is 0 Å². The van der Waals surface area contributed by atoms with Crippen LogP contribution >= 0.6 is 0 Å². The van der Waals surface area contributed by atoms with Gasteiger partial charge in [0, 0.05) is 28.6 Å². The molecular weight excluding hydrogens is 220 g/mol. The minimum Gasteiger partial charge on any atom is -0.256 e. The molecule has 0 unspecified atom stereocenters. The lowest BCUT2D eigenvalue weighted by molar-refractivity contribution is 1.41. The van der Waals surface area contributed by atoms with Crippen LogP contribution in [-0.4, -0.2) is 9.97 Å². The van der Waals surface area contributed by atoms with Gasteiger partial charge in [-0.3, -0.25) is 9.97 Å². The smallest absolute Gasteiger partial charge is 0.0787 e. The van der Waals surface area contributed by atoms with Gasteiger partial charge in [0.2, 0.25) is 0 Å². The van der Waals surface area contributed by atoms with Crippen LogP contribution in [0.1, 0.15) is 0 Å². The van der Waals surface area contributed by atoms with Crippen LogP contribution in [0.2, 0.25) is 0 Å². The molecule has 2 aromatic carbocycles. The molecule has 0 aliphatic carbocycles. The van der Waals surface area contributed by atoms with E-state index in [1.807, 2.05) is 24.5 Å². The summed E-state index contributed by atoms with van der Waals surface area (Å²) in [5.41, 5.74) is 2.07. The summed E-state index contributed by atoms with van der Waals surface area (Å²) in [6.07, 6.45) is 3.67. The molecule has 0 saturated heterocycles. The topological polar surface area (TPSA) is 25.8 Å². The lowest BCUT2D eigenvalue weighted by Gasteiger charge is -2.06. The summed E-state index contributed by atoms with van der Waals surface area (Å²) in [4.78, 5) is 8.94. The number of fused-ring (bicyclic) bond motifs is 5. The molecule has 84 valence electrons. The fraction of sp³-hybridized carbons (Fsp3) is 0. The molecule has 2 heteroatoms. The predicted molar refractivity (Wildman–Crippen MR) is 74.6 cm³/mol. The van der Waals surface area contributed by atoms with Crippen molar-refractivity contribution in [2.24, 2.45) is 0 Å². The highest BCUT2D eigenvalue weighted by Gasteiger charge is 2.05. The molecule has 0 N–H and O–H groups in total. The molecule has 0 amide bonds. The Bertz CT molecular complexity index is 811. The lowest BCUT2D eigenvalue weighted by atomic mass is 10.0. The van der Waals surface area contributed by atoms with Crippen molar-refractivity contribution in [3.63, 3.8) is 0 Å². The zero-order valence-electron chi connectivity index (χ0n) is 9.67. The van der Waals surface area contributed by atoms with Crippen molar-refractivity contribution in [1.82, 2.24) is 9.97 Å². The quantitative estimate of drug-likeness (QED) is 0.428. The van der Waals surface area contributed by atoms with Gasteiger partial charge < -0.3 is 0 Å². The van der Waals surface area contributed by atoms with Crippen LogP contribution in [0, 0.1) is 0 Å².